The van der Waals surface area contributed by atoms with Crippen LogP contribution in [0.1, 0.15) is 5.56 Å². The van der Waals surface area contributed by atoms with Gasteiger partial charge in [0.15, 0.2) is 0 Å². The molecule has 70 valence electrons. The SMILES string of the molecule is O=C(CBr)Cc1ccc(Cl)c(F)c1. The lowest BCUT2D eigenvalue weighted by molar-refractivity contribution is -0.115. The van der Waals surface area contributed by atoms with Crippen LogP contribution in [0.25, 0.3) is 0 Å². The number of benzene rings is 1. The van der Waals surface area contributed by atoms with Gasteiger partial charge in [0.1, 0.15) is 11.6 Å². The van der Waals surface area contributed by atoms with Gasteiger partial charge < -0.3 is 0 Å². The lowest BCUT2D eigenvalue weighted by Crippen LogP contribution is -2.03. The quantitative estimate of drug-likeness (QED) is 0.768. The van der Waals surface area contributed by atoms with E-state index in [0.717, 1.165) is 0 Å². The Kier molecular flexibility index (Phi) is 3.88. The summed E-state index contributed by atoms with van der Waals surface area (Å²) in [5.41, 5.74) is 0.645. The molecule has 13 heavy (non-hydrogen) atoms. The van der Waals surface area contributed by atoms with E-state index in [2.05, 4.69) is 15.9 Å². The molecule has 0 aliphatic rings. The number of ketones is 1. The Morgan fingerprint density at radius 1 is 1.54 bits per heavy atom. The number of rotatable bonds is 3. The Bertz CT molecular complexity index is 327. The van der Waals surface area contributed by atoms with Crippen molar-refractivity contribution in [2.24, 2.45) is 0 Å². The van der Waals surface area contributed by atoms with E-state index in [1.807, 2.05) is 0 Å². The van der Waals surface area contributed by atoms with Gasteiger partial charge in [-0.1, -0.05) is 33.6 Å². The van der Waals surface area contributed by atoms with E-state index in [4.69, 9.17) is 11.6 Å². The van der Waals surface area contributed by atoms with Crippen LogP contribution < -0.4 is 0 Å². The molecule has 0 N–H and O–H groups in total. The molecule has 1 rings (SSSR count). The van der Waals surface area contributed by atoms with Gasteiger partial charge >= 0.3 is 0 Å². The fourth-order valence-electron chi connectivity index (χ4n) is 0.925. The number of alkyl halides is 1. The van der Waals surface area contributed by atoms with Gasteiger partial charge in [-0.2, -0.15) is 0 Å². The van der Waals surface area contributed by atoms with Crippen molar-refractivity contribution in [3.8, 4) is 0 Å². The third-order valence-corrected chi connectivity index (χ3v) is 2.47. The van der Waals surface area contributed by atoms with Crippen molar-refractivity contribution in [3.63, 3.8) is 0 Å². The summed E-state index contributed by atoms with van der Waals surface area (Å²) in [6, 6.07) is 4.38. The summed E-state index contributed by atoms with van der Waals surface area (Å²) in [5, 5.41) is 0.368. The van der Waals surface area contributed by atoms with E-state index < -0.39 is 5.82 Å². The third-order valence-electron chi connectivity index (χ3n) is 1.53. The first kappa shape index (κ1) is 10.7. The monoisotopic (exact) mass is 264 g/mol. The minimum absolute atomic E-state index is 0.0155. The maximum atomic E-state index is 12.9. The number of carbonyl (C=O) groups excluding carboxylic acids is 1. The van der Waals surface area contributed by atoms with E-state index in [1.165, 1.54) is 12.1 Å². The normalized spacial score (nSPS) is 10.1. The molecule has 0 unspecified atom stereocenters. The van der Waals surface area contributed by atoms with Gasteiger partial charge in [-0.25, -0.2) is 4.39 Å². The predicted molar refractivity (Wildman–Crippen MR) is 53.9 cm³/mol. The Balaban J connectivity index is 2.79. The second-order valence-electron chi connectivity index (χ2n) is 2.60. The molecule has 1 aromatic rings. The van der Waals surface area contributed by atoms with Gasteiger partial charge in [-0.05, 0) is 17.7 Å². The smallest absolute Gasteiger partial charge is 0.147 e. The predicted octanol–water partition coefficient (Wildman–Crippen LogP) is 2.99. The molecule has 1 aromatic carbocycles. The maximum absolute atomic E-state index is 12.9. The van der Waals surface area contributed by atoms with Gasteiger partial charge in [-0.3, -0.25) is 4.79 Å². The fourth-order valence-corrected chi connectivity index (χ4v) is 1.24. The molecule has 0 aromatic heterocycles. The van der Waals surface area contributed by atoms with Gasteiger partial charge in [0.2, 0.25) is 0 Å². The summed E-state index contributed by atoms with van der Waals surface area (Å²) >= 11 is 8.52. The summed E-state index contributed by atoms with van der Waals surface area (Å²) in [4.78, 5) is 11.0. The summed E-state index contributed by atoms with van der Waals surface area (Å²) in [7, 11) is 0. The number of hydrogen-bond donors (Lipinski definition) is 0. The maximum Gasteiger partial charge on any atom is 0.147 e. The van der Waals surface area contributed by atoms with E-state index in [0.29, 0.717) is 5.56 Å². The summed E-state index contributed by atoms with van der Waals surface area (Å²) < 4.78 is 12.9. The van der Waals surface area contributed by atoms with Crippen LogP contribution in [0, 0.1) is 5.82 Å². The average molecular weight is 266 g/mol. The lowest BCUT2D eigenvalue weighted by atomic mass is 10.1. The lowest BCUT2D eigenvalue weighted by Gasteiger charge is -1.99. The van der Waals surface area contributed by atoms with Crippen LogP contribution in [0.4, 0.5) is 4.39 Å². The van der Waals surface area contributed by atoms with Gasteiger partial charge in [0.25, 0.3) is 0 Å². The zero-order valence-corrected chi connectivity index (χ0v) is 9.03. The van der Waals surface area contributed by atoms with Crippen LogP contribution in [0.15, 0.2) is 18.2 Å². The topological polar surface area (TPSA) is 17.1 Å². The largest absolute Gasteiger partial charge is 0.298 e. The van der Waals surface area contributed by atoms with Crippen molar-refractivity contribution < 1.29 is 9.18 Å². The second kappa shape index (κ2) is 4.72. The Morgan fingerprint density at radius 2 is 2.23 bits per heavy atom. The Morgan fingerprint density at radius 3 is 2.77 bits per heavy atom. The molecule has 0 atom stereocenters. The first-order valence-corrected chi connectivity index (χ1v) is 5.15. The number of hydrogen-bond acceptors (Lipinski definition) is 1. The molecule has 0 saturated heterocycles. The van der Waals surface area contributed by atoms with Gasteiger partial charge in [0, 0.05) is 6.42 Å². The molecule has 0 spiro atoms. The van der Waals surface area contributed by atoms with Crippen LogP contribution in [0.3, 0.4) is 0 Å². The molecule has 0 amide bonds. The molecule has 1 nitrogen and oxygen atoms in total. The van der Waals surface area contributed by atoms with E-state index >= 15 is 0 Å². The van der Waals surface area contributed by atoms with Crippen molar-refractivity contribution in [2.75, 3.05) is 5.33 Å². The summed E-state index contributed by atoms with van der Waals surface area (Å²) in [5.74, 6) is -0.469. The molecular weight excluding hydrogens is 258 g/mol. The summed E-state index contributed by atoms with van der Waals surface area (Å²) in [6.45, 7) is 0. The fraction of sp³-hybridized carbons (Fsp3) is 0.222. The van der Waals surface area contributed by atoms with Crippen molar-refractivity contribution >= 4 is 33.3 Å². The molecule has 0 aliphatic carbocycles. The van der Waals surface area contributed by atoms with Crippen molar-refractivity contribution in [1.29, 1.82) is 0 Å². The second-order valence-corrected chi connectivity index (χ2v) is 3.57. The molecular formula is C9H7BrClFO. The number of carbonyl (C=O) groups is 1. The van der Waals surface area contributed by atoms with Crippen LogP contribution in [-0.2, 0) is 11.2 Å². The summed E-state index contributed by atoms with van der Waals surface area (Å²) in [6.07, 6.45) is 0.235. The third kappa shape index (κ3) is 3.08. The van der Waals surface area contributed by atoms with Crippen LogP contribution in [0.2, 0.25) is 5.02 Å². The molecule has 0 fully saturated rings. The number of halogens is 3. The highest BCUT2D eigenvalue weighted by atomic mass is 79.9. The molecule has 0 heterocycles. The Labute approximate surface area is 89.0 Å². The van der Waals surface area contributed by atoms with Gasteiger partial charge in [-0.15, -0.1) is 0 Å². The minimum atomic E-state index is -0.485. The number of Topliss-reactive ketones (excluding diaryl/α,β-unsaturated/α-hetero) is 1. The van der Waals surface area contributed by atoms with Gasteiger partial charge in [0.05, 0.1) is 10.4 Å². The van der Waals surface area contributed by atoms with Crippen molar-refractivity contribution in [1.82, 2.24) is 0 Å². The van der Waals surface area contributed by atoms with Crippen LogP contribution >= 0.6 is 27.5 Å². The standard InChI is InChI=1S/C9H7BrClFO/c10-5-7(13)3-6-1-2-8(11)9(12)4-6/h1-2,4H,3,5H2. The first-order valence-electron chi connectivity index (χ1n) is 3.65. The molecule has 0 radical (unpaired) electrons. The molecule has 0 aliphatic heterocycles. The minimum Gasteiger partial charge on any atom is -0.298 e. The Hall–Kier alpha value is -0.410. The highest BCUT2D eigenvalue weighted by Crippen LogP contribution is 2.16. The highest BCUT2D eigenvalue weighted by Gasteiger charge is 2.04. The zero-order chi connectivity index (χ0) is 9.84. The van der Waals surface area contributed by atoms with Crippen molar-refractivity contribution in [3.05, 3.63) is 34.6 Å². The van der Waals surface area contributed by atoms with E-state index in [9.17, 15) is 9.18 Å². The first-order chi connectivity index (χ1) is 6.13. The average Bonchev–Trinajstić information content (AvgIpc) is 2.11. The molecule has 0 bridgehead atoms. The zero-order valence-electron chi connectivity index (χ0n) is 6.69. The molecule has 4 heteroatoms. The molecule has 0 saturated carbocycles. The van der Waals surface area contributed by atoms with Crippen LogP contribution in [0.5, 0.6) is 0 Å². The van der Waals surface area contributed by atoms with Crippen molar-refractivity contribution in [2.45, 2.75) is 6.42 Å². The van der Waals surface area contributed by atoms with E-state index in [1.54, 1.807) is 6.07 Å². The van der Waals surface area contributed by atoms with E-state index in [-0.39, 0.29) is 22.6 Å². The van der Waals surface area contributed by atoms with Crippen LogP contribution in [-0.4, -0.2) is 11.1 Å². The highest BCUT2D eigenvalue weighted by molar-refractivity contribution is 9.09.